The molecule has 8 nitrogen and oxygen atoms in total. The zero-order valence-corrected chi connectivity index (χ0v) is 17.0. The molecule has 8 heteroatoms. The molecule has 2 aliphatic rings. The second kappa shape index (κ2) is 9.21. The van der Waals surface area contributed by atoms with E-state index in [2.05, 4.69) is 15.4 Å². The number of ether oxygens (including phenoxy) is 1. The summed E-state index contributed by atoms with van der Waals surface area (Å²) < 4.78 is 16.2. The minimum absolute atomic E-state index is 0.0494. The van der Waals surface area contributed by atoms with Crippen LogP contribution in [0, 0.1) is 0 Å². The van der Waals surface area contributed by atoms with Crippen LogP contribution < -0.4 is 5.73 Å². The van der Waals surface area contributed by atoms with Gasteiger partial charge >= 0.3 is 0 Å². The van der Waals surface area contributed by atoms with E-state index in [9.17, 15) is 4.79 Å². The fraction of sp³-hybridized carbons (Fsp3) is 0.455. The summed E-state index contributed by atoms with van der Waals surface area (Å²) in [5.74, 6) is 1.43. The Labute approximate surface area is 174 Å². The minimum Gasteiger partial charge on any atom is -0.422 e. The summed E-state index contributed by atoms with van der Waals surface area (Å²) in [4.78, 5) is 10.7. The van der Waals surface area contributed by atoms with Crippen molar-refractivity contribution in [2.45, 2.75) is 63.6 Å². The number of nitrogens with zero attached hydrogens (tertiary/aromatic N) is 3. The standard InChI is InChI=1S/C12H18N2O2.C10H8N2O2/c1-8(15-10-6-3-7-10)11-13-14-12(16-11)9-4-2-5-9;11-10(13)9-6-8(12-14-9)7-4-2-1-3-5-7/h8-10H,2-7H2,1H3;1-6H,(H2,11,13). The molecule has 3 aromatic rings. The number of hydrogen-bond acceptors (Lipinski definition) is 7. The number of primary amides is 1. The van der Waals surface area contributed by atoms with Crippen molar-refractivity contribution >= 4 is 5.91 Å². The molecule has 0 spiro atoms. The van der Waals surface area contributed by atoms with Crippen molar-refractivity contribution < 1.29 is 18.5 Å². The van der Waals surface area contributed by atoms with Crippen LogP contribution in [0.3, 0.4) is 0 Å². The molecule has 0 bridgehead atoms. The molecule has 0 aliphatic heterocycles. The molecule has 2 heterocycles. The van der Waals surface area contributed by atoms with Gasteiger partial charge in [0.05, 0.1) is 6.10 Å². The summed E-state index contributed by atoms with van der Waals surface area (Å²) in [6.07, 6.45) is 7.67. The zero-order valence-electron chi connectivity index (χ0n) is 17.0. The first-order chi connectivity index (χ1) is 14.6. The van der Waals surface area contributed by atoms with Gasteiger partial charge in [-0.3, -0.25) is 4.79 Å². The van der Waals surface area contributed by atoms with Crippen molar-refractivity contribution in [3.05, 3.63) is 53.9 Å². The van der Waals surface area contributed by atoms with Crippen LogP contribution in [0.25, 0.3) is 11.3 Å². The lowest BCUT2D eigenvalue weighted by Crippen LogP contribution is -2.23. The maximum absolute atomic E-state index is 10.7. The number of aromatic nitrogens is 3. The van der Waals surface area contributed by atoms with Crippen LogP contribution in [0.4, 0.5) is 0 Å². The summed E-state index contributed by atoms with van der Waals surface area (Å²) in [6.45, 7) is 2.00. The number of rotatable bonds is 6. The molecule has 2 aliphatic carbocycles. The molecule has 2 aromatic heterocycles. The first kappa shape index (κ1) is 20.3. The summed E-state index contributed by atoms with van der Waals surface area (Å²) in [6, 6.07) is 10.9. The van der Waals surface area contributed by atoms with Crippen LogP contribution in [0.5, 0.6) is 0 Å². The van der Waals surface area contributed by atoms with E-state index >= 15 is 0 Å². The number of nitrogens with two attached hydrogens (primary N) is 1. The molecule has 2 N–H and O–H groups in total. The van der Waals surface area contributed by atoms with Gasteiger partial charge in [0.25, 0.3) is 5.91 Å². The number of amides is 1. The Balaban J connectivity index is 0.000000147. The molecule has 2 fully saturated rings. The third-order valence-corrected chi connectivity index (χ3v) is 5.53. The second-order valence-electron chi connectivity index (χ2n) is 7.74. The fourth-order valence-electron chi connectivity index (χ4n) is 3.22. The highest BCUT2D eigenvalue weighted by Crippen LogP contribution is 2.36. The fourth-order valence-corrected chi connectivity index (χ4v) is 3.22. The van der Waals surface area contributed by atoms with Crippen molar-refractivity contribution in [1.82, 2.24) is 15.4 Å². The molecule has 2 saturated carbocycles. The van der Waals surface area contributed by atoms with Crippen molar-refractivity contribution in [2.75, 3.05) is 0 Å². The van der Waals surface area contributed by atoms with Crippen LogP contribution in [0.15, 0.2) is 45.3 Å². The average Bonchev–Trinajstić information content (AvgIpc) is 3.35. The first-order valence-corrected chi connectivity index (χ1v) is 10.4. The zero-order chi connectivity index (χ0) is 20.9. The van der Waals surface area contributed by atoms with E-state index in [0.717, 1.165) is 11.5 Å². The molecular formula is C22H26N4O4. The molecule has 1 atom stereocenters. The predicted molar refractivity (Wildman–Crippen MR) is 108 cm³/mol. The number of carbonyl (C=O) groups excluding carboxylic acids is 1. The van der Waals surface area contributed by atoms with Gasteiger partial charge in [-0.1, -0.05) is 41.9 Å². The normalized spacial score (nSPS) is 17.4. The topological polar surface area (TPSA) is 117 Å². The summed E-state index contributed by atoms with van der Waals surface area (Å²) in [7, 11) is 0. The Morgan fingerprint density at radius 2 is 1.87 bits per heavy atom. The molecule has 1 amide bonds. The van der Waals surface area contributed by atoms with Crippen LogP contribution in [0.1, 0.15) is 79.8 Å². The van der Waals surface area contributed by atoms with Gasteiger partial charge in [0.15, 0.2) is 0 Å². The second-order valence-corrected chi connectivity index (χ2v) is 7.74. The highest BCUT2D eigenvalue weighted by atomic mass is 16.5. The van der Waals surface area contributed by atoms with Crippen molar-refractivity contribution in [2.24, 2.45) is 5.73 Å². The molecule has 0 saturated heterocycles. The SMILES string of the molecule is CC(OC1CCC1)c1nnc(C2CCC2)o1.NC(=O)c1cc(-c2ccccc2)no1. The predicted octanol–water partition coefficient (Wildman–Crippen LogP) is 4.41. The van der Waals surface area contributed by atoms with E-state index in [1.165, 1.54) is 44.6 Å². The van der Waals surface area contributed by atoms with Gasteiger partial charge in [0, 0.05) is 17.5 Å². The third-order valence-electron chi connectivity index (χ3n) is 5.53. The molecule has 1 aromatic carbocycles. The van der Waals surface area contributed by atoms with Crippen molar-refractivity contribution in [3.63, 3.8) is 0 Å². The van der Waals surface area contributed by atoms with Crippen LogP contribution >= 0.6 is 0 Å². The van der Waals surface area contributed by atoms with E-state index in [1.807, 2.05) is 37.3 Å². The lowest BCUT2D eigenvalue weighted by molar-refractivity contribution is -0.0553. The molecule has 1 unspecified atom stereocenters. The highest BCUT2D eigenvalue weighted by molar-refractivity contribution is 5.90. The largest absolute Gasteiger partial charge is 0.422 e. The number of carbonyl (C=O) groups is 1. The quantitative estimate of drug-likeness (QED) is 0.639. The van der Waals surface area contributed by atoms with Gasteiger partial charge in [-0.25, -0.2) is 0 Å². The maximum Gasteiger partial charge on any atom is 0.287 e. The average molecular weight is 410 g/mol. The molecule has 30 heavy (non-hydrogen) atoms. The van der Waals surface area contributed by atoms with Gasteiger partial charge in [0.1, 0.15) is 11.8 Å². The molecule has 5 rings (SSSR count). The monoisotopic (exact) mass is 410 g/mol. The molecular weight excluding hydrogens is 384 g/mol. The van der Waals surface area contributed by atoms with Crippen LogP contribution in [-0.2, 0) is 4.74 Å². The smallest absolute Gasteiger partial charge is 0.287 e. The summed E-state index contributed by atoms with van der Waals surface area (Å²) >= 11 is 0. The Kier molecular flexibility index (Phi) is 6.23. The highest BCUT2D eigenvalue weighted by Gasteiger charge is 2.28. The van der Waals surface area contributed by atoms with E-state index in [-0.39, 0.29) is 11.9 Å². The van der Waals surface area contributed by atoms with E-state index < -0.39 is 5.91 Å². The van der Waals surface area contributed by atoms with Crippen molar-refractivity contribution in [1.29, 1.82) is 0 Å². The van der Waals surface area contributed by atoms with Gasteiger partial charge in [-0.15, -0.1) is 10.2 Å². The van der Waals surface area contributed by atoms with Crippen LogP contribution in [-0.4, -0.2) is 27.4 Å². The number of hydrogen-bond donors (Lipinski definition) is 1. The van der Waals surface area contributed by atoms with Crippen LogP contribution in [0.2, 0.25) is 0 Å². The number of benzene rings is 1. The third kappa shape index (κ3) is 4.76. The van der Waals surface area contributed by atoms with E-state index in [1.54, 1.807) is 0 Å². The lowest BCUT2D eigenvalue weighted by atomic mass is 9.85. The Morgan fingerprint density at radius 1 is 1.13 bits per heavy atom. The van der Waals surface area contributed by atoms with Gasteiger partial charge in [-0.05, 0) is 39.0 Å². The van der Waals surface area contributed by atoms with Gasteiger partial charge in [0.2, 0.25) is 17.5 Å². The summed E-state index contributed by atoms with van der Waals surface area (Å²) in [5.41, 5.74) is 6.54. The lowest BCUT2D eigenvalue weighted by Gasteiger charge is -2.27. The van der Waals surface area contributed by atoms with Crippen molar-refractivity contribution in [3.8, 4) is 11.3 Å². The molecule has 0 radical (unpaired) electrons. The Morgan fingerprint density at radius 3 is 2.43 bits per heavy atom. The van der Waals surface area contributed by atoms with Gasteiger partial charge < -0.3 is 19.4 Å². The molecule has 158 valence electrons. The maximum atomic E-state index is 10.7. The first-order valence-electron chi connectivity index (χ1n) is 10.4. The minimum atomic E-state index is -0.611. The Bertz CT molecular complexity index is 960. The van der Waals surface area contributed by atoms with E-state index in [4.69, 9.17) is 19.4 Å². The Hall–Kier alpha value is -3.00. The van der Waals surface area contributed by atoms with E-state index in [0.29, 0.717) is 23.6 Å². The van der Waals surface area contributed by atoms with Gasteiger partial charge in [-0.2, -0.15) is 0 Å². The summed E-state index contributed by atoms with van der Waals surface area (Å²) in [5, 5.41) is 11.9.